The van der Waals surface area contributed by atoms with Crippen LogP contribution in [0, 0.1) is 10.1 Å². The van der Waals surface area contributed by atoms with Crippen LogP contribution in [0.25, 0.3) is 0 Å². The number of carbonyl (C=O) groups excluding carboxylic acids is 1. The molecule has 1 atom stereocenters. The number of para-hydroxylation sites is 1. The van der Waals surface area contributed by atoms with Crippen molar-refractivity contribution in [2.75, 3.05) is 18.9 Å². The van der Waals surface area contributed by atoms with Gasteiger partial charge in [-0.3, -0.25) is 14.9 Å². The molecule has 7 nitrogen and oxygen atoms in total. The number of hydrogen-bond donors (Lipinski definition) is 2. The van der Waals surface area contributed by atoms with Crippen LogP contribution < -0.4 is 11.1 Å². The van der Waals surface area contributed by atoms with Crippen LogP contribution in [-0.4, -0.2) is 30.1 Å². The molecule has 1 saturated heterocycles. The smallest absolute Gasteiger partial charge is 0.292 e. The van der Waals surface area contributed by atoms with Gasteiger partial charge in [0.1, 0.15) is 5.69 Å². The van der Waals surface area contributed by atoms with Crippen LogP contribution in [0.4, 0.5) is 11.4 Å². The highest BCUT2D eigenvalue weighted by Crippen LogP contribution is 2.24. The maximum Gasteiger partial charge on any atom is 0.292 e. The van der Waals surface area contributed by atoms with Gasteiger partial charge < -0.3 is 15.8 Å². The average Bonchev–Trinajstić information content (AvgIpc) is 2.39. The first-order valence-corrected chi connectivity index (χ1v) is 6.01. The normalized spacial score (nSPS) is 18.8. The van der Waals surface area contributed by atoms with E-state index in [9.17, 15) is 14.9 Å². The van der Waals surface area contributed by atoms with Crippen LogP contribution in [-0.2, 0) is 4.74 Å². The summed E-state index contributed by atoms with van der Waals surface area (Å²) >= 11 is 0. The van der Waals surface area contributed by atoms with Crippen LogP contribution in [0.2, 0.25) is 0 Å². The van der Waals surface area contributed by atoms with Crippen molar-refractivity contribution in [2.45, 2.75) is 18.9 Å². The van der Waals surface area contributed by atoms with Gasteiger partial charge in [0, 0.05) is 12.7 Å². The summed E-state index contributed by atoms with van der Waals surface area (Å²) in [5.74, 6) is -0.406. The summed E-state index contributed by atoms with van der Waals surface area (Å²) in [6, 6.07) is 4.12. The number of ether oxygens (including phenoxy) is 1. The minimum absolute atomic E-state index is 0.0695. The molecule has 1 aromatic carbocycles. The van der Waals surface area contributed by atoms with Crippen LogP contribution in [0.1, 0.15) is 23.2 Å². The second-order valence-corrected chi connectivity index (χ2v) is 4.38. The number of nitrogens with zero attached hydrogens (tertiary/aromatic N) is 1. The van der Waals surface area contributed by atoms with Gasteiger partial charge >= 0.3 is 0 Å². The molecule has 1 amide bonds. The second-order valence-electron chi connectivity index (χ2n) is 4.38. The average molecular weight is 265 g/mol. The third-order valence-electron chi connectivity index (χ3n) is 3.02. The van der Waals surface area contributed by atoms with Crippen LogP contribution in [0.3, 0.4) is 0 Å². The number of rotatable bonds is 3. The maximum absolute atomic E-state index is 12.0. The molecule has 1 aliphatic rings. The fraction of sp³-hybridized carbons (Fsp3) is 0.417. The summed E-state index contributed by atoms with van der Waals surface area (Å²) in [6.45, 7) is 1.16. The molecule has 0 spiro atoms. The van der Waals surface area contributed by atoms with Crippen molar-refractivity contribution in [3.05, 3.63) is 33.9 Å². The molecule has 0 radical (unpaired) electrons. The Balaban J connectivity index is 2.14. The maximum atomic E-state index is 12.0. The number of benzene rings is 1. The number of nitrogens with two attached hydrogens (primary N) is 1. The Morgan fingerprint density at radius 3 is 2.95 bits per heavy atom. The number of nitro benzene ring substituents is 1. The zero-order valence-electron chi connectivity index (χ0n) is 10.3. The van der Waals surface area contributed by atoms with Crippen molar-refractivity contribution in [3.8, 4) is 0 Å². The number of hydrogen-bond acceptors (Lipinski definition) is 5. The SMILES string of the molecule is Nc1c(C(=O)NC2CCCOC2)cccc1[N+](=O)[O-]. The Morgan fingerprint density at radius 1 is 1.53 bits per heavy atom. The first-order valence-electron chi connectivity index (χ1n) is 6.01. The Morgan fingerprint density at radius 2 is 2.32 bits per heavy atom. The Labute approximate surface area is 109 Å². The van der Waals surface area contributed by atoms with Crippen molar-refractivity contribution >= 4 is 17.3 Å². The van der Waals surface area contributed by atoms with Crippen molar-refractivity contribution in [3.63, 3.8) is 0 Å². The van der Waals surface area contributed by atoms with Crippen molar-refractivity contribution in [1.29, 1.82) is 0 Å². The summed E-state index contributed by atoms with van der Waals surface area (Å²) in [5.41, 5.74) is 5.41. The molecular formula is C12H15N3O4. The molecule has 0 saturated carbocycles. The first kappa shape index (κ1) is 13.3. The van der Waals surface area contributed by atoms with Gasteiger partial charge in [-0.1, -0.05) is 6.07 Å². The molecule has 0 aliphatic carbocycles. The predicted octanol–water partition coefficient (Wildman–Crippen LogP) is 1.09. The van der Waals surface area contributed by atoms with Crippen LogP contribution in [0.5, 0.6) is 0 Å². The number of anilines is 1. The van der Waals surface area contributed by atoms with Gasteiger partial charge in [0.2, 0.25) is 0 Å². The predicted molar refractivity (Wildman–Crippen MR) is 68.8 cm³/mol. The molecule has 3 N–H and O–H groups in total. The fourth-order valence-electron chi connectivity index (χ4n) is 2.03. The first-order chi connectivity index (χ1) is 9.09. The number of nitro groups is 1. The number of amides is 1. The lowest BCUT2D eigenvalue weighted by molar-refractivity contribution is -0.383. The fourth-order valence-corrected chi connectivity index (χ4v) is 2.03. The van der Waals surface area contributed by atoms with E-state index in [-0.39, 0.29) is 23.0 Å². The zero-order chi connectivity index (χ0) is 13.8. The van der Waals surface area contributed by atoms with Gasteiger partial charge in [0.15, 0.2) is 0 Å². The molecule has 1 aliphatic heterocycles. The van der Waals surface area contributed by atoms with E-state index < -0.39 is 10.8 Å². The quantitative estimate of drug-likeness (QED) is 0.483. The van der Waals surface area contributed by atoms with Crippen molar-refractivity contribution in [2.24, 2.45) is 0 Å². The summed E-state index contributed by atoms with van der Waals surface area (Å²) in [5, 5.41) is 13.5. The molecule has 102 valence electrons. The monoisotopic (exact) mass is 265 g/mol. The lowest BCUT2D eigenvalue weighted by Crippen LogP contribution is -2.40. The van der Waals surface area contributed by atoms with E-state index in [0.29, 0.717) is 13.2 Å². The Kier molecular flexibility index (Phi) is 3.96. The number of nitrogen functional groups attached to an aromatic ring is 1. The standard InChI is InChI=1S/C12H15N3O4/c13-11-9(4-1-5-10(11)15(17)18)12(16)14-8-3-2-6-19-7-8/h1,4-5,8H,2-3,6-7,13H2,(H,14,16). The molecule has 0 aromatic heterocycles. The van der Waals surface area contributed by atoms with Crippen molar-refractivity contribution in [1.82, 2.24) is 5.32 Å². The van der Waals surface area contributed by atoms with Gasteiger partial charge in [0.05, 0.1) is 23.1 Å². The highest BCUT2D eigenvalue weighted by Gasteiger charge is 2.22. The molecule has 1 fully saturated rings. The molecule has 1 heterocycles. The van der Waals surface area contributed by atoms with Gasteiger partial charge in [-0.15, -0.1) is 0 Å². The minimum Gasteiger partial charge on any atom is -0.393 e. The number of nitrogens with one attached hydrogen (secondary N) is 1. The van der Waals surface area contributed by atoms with E-state index in [1.54, 1.807) is 0 Å². The lowest BCUT2D eigenvalue weighted by Gasteiger charge is -2.23. The molecule has 19 heavy (non-hydrogen) atoms. The van der Waals surface area contributed by atoms with Gasteiger partial charge in [-0.25, -0.2) is 0 Å². The molecule has 0 bridgehead atoms. The highest BCUT2D eigenvalue weighted by molar-refractivity contribution is 6.01. The third-order valence-corrected chi connectivity index (χ3v) is 3.02. The molecule has 2 rings (SSSR count). The van der Waals surface area contributed by atoms with Crippen LogP contribution >= 0.6 is 0 Å². The number of carbonyl (C=O) groups is 1. The molecule has 1 unspecified atom stereocenters. The van der Waals surface area contributed by atoms with E-state index in [4.69, 9.17) is 10.5 Å². The molecule has 1 aromatic rings. The summed E-state index contributed by atoms with van der Waals surface area (Å²) in [4.78, 5) is 22.2. The van der Waals surface area contributed by atoms with Crippen LogP contribution in [0.15, 0.2) is 18.2 Å². The molecular weight excluding hydrogens is 250 g/mol. The van der Waals surface area contributed by atoms with E-state index in [0.717, 1.165) is 12.8 Å². The molecule has 7 heteroatoms. The summed E-state index contributed by atoms with van der Waals surface area (Å²) in [7, 11) is 0. The minimum atomic E-state index is -0.601. The largest absolute Gasteiger partial charge is 0.393 e. The van der Waals surface area contributed by atoms with E-state index in [2.05, 4.69) is 5.32 Å². The van der Waals surface area contributed by atoms with Gasteiger partial charge in [-0.2, -0.15) is 0 Å². The third kappa shape index (κ3) is 3.00. The van der Waals surface area contributed by atoms with E-state index in [1.165, 1.54) is 18.2 Å². The summed E-state index contributed by atoms with van der Waals surface area (Å²) in [6.07, 6.45) is 1.72. The van der Waals surface area contributed by atoms with Crippen molar-refractivity contribution < 1.29 is 14.5 Å². The lowest BCUT2D eigenvalue weighted by atomic mass is 10.1. The van der Waals surface area contributed by atoms with Gasteiger partial charge in [0.25, 0.3) is 11.6 Å². The topological polar surface area (TPSA) is 107 Å². The zero-order valence-corrected chi connectivity index (χ0v) is 10.3. The van der Waals surface area contributed by atoms with Gasteiger partial charge in [-0.05, 0) is 18.9 Å². The van der Waals surface area contributed by atoms with E-state index >= 15 is 0 Å². The Hall–Kier alpha value is -2.15. The second kappa shape index (κ2) is 5.66. The van der Waals surface area contributed by atoms with E-state index in [1.807, 2.05) is 0 Å². The summed E-state index contributed by atoms with van der Waals surface area (Å²) < 4.78 is 5.26. The Bertz CT molecular complexity index is 498. The highest BCUT2D eigenvalue weighted by atomic mass is 16.6.